The topological polar surface area (TPSA) is 32.9 Å². The summed E-state index contributed by atoms with van der Waals surface area (Å²) < 4.78 is 0. The number of benzene rings is 4. The summed E-state index contributed by atoms with van der Waals surface area (Å²) >= 11 is 0. The normalized spacial score (nSPS) is 13.2. The Kier molecular flexibility index (Phi) is 5.64. The van der Waals surface area contributed by atoms with E-state index in [0.717, 1.165) is 52.4 Å². The van der Waals surface area contributed by atoms with Crippen LogP contribution in [0.3, 0.4) is 0 Å². The first-order valence-electron chi connectivity index (χ1n) is 13.3. The smallest absolute Gasteiger partial charge is 0.210 e. The van der Waals surface area contributed by atoms with E-state index in [-0.39, 0.29) is 11.2 Å². The molecular weight excluding hydrogens is 450 g/mol. The number of aromatic amines is 1. The molecule has 0 fully saturated rings. The third kappa shape index (κ3) is 4.11. The van der Waals surface area contributed by atoms with Crippen molar-refractivity contribution in [2.75, 3.05) is 0 Å². The van der Waals surface area contributed by atoms with Gasteiger partial charge in [-0.3, -0.25) is 4.79 Å². The highest BCUT2D eigenvalue weighted by molar-refractivity contribution is 6.19. The molecule has 184 valence electrons. The van der Waals surface area contributed by atoms with E-state index in [1.165, 1.54) is 27.8 Å². The van der Waals surface area contributed by atoms with Gasteiger partial charge >= 0.3 is 0 Å². The SMILES string of the molecule is Cc1ccc2c(c1)CCCc1c-2[nH]c(C(=O)c2cccc3ccccc23)c1-c1ccc(C(C)(C)C)cc1. The Morgan fingerprint density at radius 3 is 2.38 bits per heavy atom. The van der Waals surface area contributed by atoms with Crippen LogP contribution in [0.4, 0.5) is 0 Å². The van der Waals surface area contributed by atoms with Gasteiger partial charge in [0.05, 0.1) is 11.4 Å². The maximum Gasteiger partial charge on any atom is 0.210 e. The quantitative estimate of drug-likeness (QED) is 0.255. The van der Waals surface area contributed by atoms with E-state index >= 15 is 0 Å². The molecule has 0 saturated carbocycles. The van der Waals surface area contributed by atoms with Crippen LogP contribution in [0, 0.1) is 6.92 Å². The van der Waals surface area contributed by atoms with Crippen molar-refractivity contribution in [2.24, 2.45) is 0 Å². The fourth-order valence-corrected chi connectivity index (χ4v) is 5.83. The second-order valence-electron chi connectivity index (χ2n) is 11.4. The Labute approximate surface area is 219 Å². The van der Waals surface area contributed by atoms with E-state index in [1.54, 1.807) is 0 Å². The average Bonchev–Trinajstić information content (AvgIpc) is 3.17. The van der Waals surface area contributed by atoms with E-state index in [2.05, 4.69) is 87.3 Å². The monoisotopic (exact) mass is 483 g/mol. The molecule has 1 heterocycles. The molecule has 37 heavy (non-hydrogen) atoms. The lowest BCUT2D eigenvalue weighted by atomic mass is 9.85. The minimum atomic E-state index is 0.0495. The number of rotatable bonds is 3. The minimum absolute atomic E-state index is 0.0495. The van der Waals surface area contributed by atoms with E-state index in [1.807, 2.05) is 30.3 Å². The van der Waals surface area contributed by atoms with Gasteiger partial charge in [0.2, 0.25) is 5.78 Å². The maximum absolute atomic E-state index is 14.3. The maximum atomic E-state index is 14.3. The number of ketones is 1. The molecule has 5 aromatic rings. The highest BCUT2D eigenvalue weighted by Crippen LogP contribution is 2.42. The van der Waals surface area contributed by atoms with Gasteiger partial charge in [0, 0.05) is 16.7 Å². The zero-order valence-electron chi connectivity index (χ0n) is 22.1. The van der Waals surface area contributed by atoms with Gasteiger partial charge in [-0.2, -0.15) is 0 Å². The van der Waals surface area contributed by atoms with Gasteiger partial charge in [0.25, 0.3) is 0 Å². The molecule has 4 aromatic carbocycles. The molecule has 0 unspecified atom stereocenters. The second-order valence-corrected chi connectivity index (χ2v) is 11.4. The lowest BCUT2D eigenvalue weighted by molar-refractivity contribution is 0.103. The van der Waals surface area contributed by atoms with E-state index in [9.17, 15) is 4.79 Å². The number of carbonyl (C=O) groups excluding carboxylic acids is 1. The fraction of sp³-hybridized carbons (Fsp3) is 0.229. The van der Waals surface area contributed by atoms with Crippen molar-refractivity contribution in [3.8, 4) is 22.4 Å². The molecule has 1 aliphatic carbocycles. The van der Waals surface area contributed by atoms with Gasteiger partial charge in [-0.05, 0) is 64.6 Å². The average molecular weight is 484 g/mol. The highest BCUT2D eigenvalue weighted by Gasteiger charge is 2.28. The Bertz CT molecular complexity index is 1640. The summed E-state index contributed by atoms with van der Waals surface area (Å²) in [6, 6.07) is 29.7. The van der Waals surface area contributed by atoms with Crippen molar-refractivity contribution in [1.82, 2.24) is 4.98 Å². The van der Waals surface area contributed by atoms with Crippen LogP contribution in [0.2, 0.25) is 0 Å². The van der Waals surface area contributed by atoms with Crippen LogP contribution in [-0.2, 0) is 18.3 Å². The Morgan fingerprint density at radius 1 is 0.838 bits per heavy atom. The van der Waals surface area contributed by atoms with Crippen LogP contribution in [0.15, 0.2) is 84.9 Å². The first-order valence-corrected chi connectivity index (χ1v) is 13.3. The van der Waals surface area contributed by atoms with Crippen LogP contribution in [0.1, 0.15) is 65.5 Å². The molecule has 0 amide bonds. The Hall–Kier alpha value is -3.91. The summed E-state index contributed by atoms with van der Waals surface area (Å²) in [5.41, 5.74) is 11.2. The molecule has 2 nitrogen and oxygen atoms in total. The number of fused-ring (bicyclic) bond motifs is 4. The van der Waals surface area contributed by atoms with E-state index in [0.29, 0.717) is 5.69 Å². The third-order valence-electron chi connectivity index (χ3n) is 7.81. The number of aryl methyl sites for hydroxylation is 2. The fourth-order valence-electron chi connectivity index (χ4n) is 5.83. The summed E-state index contributed by atoms with van der Waals surface area (Å²) in [5.74, 6) is 0.0495. The van der Waals surface area contributed by atoms with Crippen molar-refractivity contribution in [3.05, 3.63) is 118 Å². The number of carbonyl (C=O) groups is 1. The molecular formula is C35H33NO. The summed E-state index contributed by atoms with van der Waals surface area (Å²) in [6.07, 6.45) is 3.06. The first-order chi connectivity index (χ1) is 17.8. The number of hydrogen-bond acceptors (Lipinski definition) is 1. The van der Waals surface area contributed by atoms with Gasteiger partial charge in [-0.25, -0.2) is 0 Å². The number of H-pyrrole nitrogens is 1. The number of hydrogen-bond donors (Lipinski definition) is 1. The van der Waals surface area contributed by atoms with E-state index in [4.69, 9.17) is 0 Å². The third-order valence-corrected chi connectivity index (χ3v) is 7.81. The predicted octanol–water partition coefficient (Wildman–Crippen LogP) is 8.83. The van der Waals surface area contributed by atoms with Gasteiger partial charge in [-0.15, -0.1) is 0 Å². The molecule has 0 aliphatic heterocycles. The molecule has 1 aliphatic rings. The summed E-state index contributed by atoms with van der Waals surface area (Å²) in [7, 11) is 0. The molecule has 1 aromatic heterocycles. The van der Waals surface area contributed by atoms with Crippen LogP contribution in [0.25, 0.3) is 33.2 Å². The summed E-state index contributed by atoms with van der Waals surface area (Å²) in [5, 5.41) is 2.07. The van der Waals surface area contributed by atoms with Crippen LogP contribution in [0.5, 0.6) is 0 Å². The molecule has 0 atom stereocenters. The van der Waals surface area contributed by atoms with Crippen LogP contribution in [-0.4, -0.2) is 10.8 Å². The van der Waals surface area contributed by atoms with Gasteiger partial charge in [0.15, 0.2) is 0 Å². The zero-order valence-corrected chi connectivity index (χ0v) is 22.1. The molecule has 0 spiro atoms. The lowest BCUT2D eigenvalue weighted by Gasteiger charge is -2.19. The van der Waals surface area contributed by atoms with Crippen LogP contribution >= 0.6 is 0 Å². The van der Waals surface area contributed by atoms with Crippen molar-refractivity contribution < 1.29 is 4.79 Å². The van der Waals surface area contributed by atoms with Crippen molar-refractivity contribution >= 4 is 16.6 Å². The van der Waals surface area contributed by atoms with Crippen molar-refractivity contribution in [3.63, 3.8) is 0 Å². The van der Waals surface area contributed by atoms with Crippen molar-refractivity contribution in [2.45, 2.75) is 52.4 Å². The molecule has 0 radical (unpaired) electrons. The number of aromatic nitrogens is 1. The highest BCUT2D eigenvalue weighted by atomic mass is 16.1. The van der Waals surface area contributed by atoms with Gasteiger partial charge < -0.3 is 4.98 Å². The van der Waals surface area contributed by atoms with Gasteiger partial charge in [0.1, 0.15) is 0 Å². The Balaban J connectivity index is 1.60. The predicted molar refractivity (Wildman–Crippen MR) is 155 cm³/mol. The largest absolute Gasteiger partial charge is 0.351 e. The van der Waals surface area contributed by atoms with Gasteiger partial charge in [-0.1, -0.05) is 111 Å². The molecule has 2 heteroatoms. The first kappa shape index (κ1) is 23.5. The van der Waals surface area contributed by atoms with E-state index < -0.39 is 0 Å². The van der Waals surface area contributed by atoms with Crippen LogP contribution < -0.4 is 0 Å². The summed E-state index contributed by atoms with van der Waals surface area (Å²) in [4.78, 5) is 18.0. The molecule has 6 rings (SSSR count). The molecule has 1 N–H and O–H groups in total. The molecule has 0 bridgehead atoms. The Morgan fingerprint density at radius 2 is 1.59 bits per heavy atom. The number of nitrogens with one attached hydrogen (secondary N) is 1. The standard InChI is InChI=1S/C35H33NO/c1-22-15-20-28-25(21-22)11-8-14-30-31(24-16-18-26(19-17-24)35(2,3)4)33(36-32(28)30)34(37)29-13-7-10-23-9-5-6-12-27(23)29/h5-7,9-10,12-13,15-21,36H,8,11,14H2,1-4H3. The lowest BCUT2D eigenvalue weighted by Crippen LogP contribution is -2.10. The minimum Gasteiger partial charge on any atom is -0.351 e. The van der Waals surface area contributed by atoms with Crippen molar-refractivity contribution in [1.29, 1.82) is 0 Å². The zero-order chi connectivity index (χ0) is 25.7. The molecule has 0 saturated heterocycles. The second kappa shape index (κ2) is 8.88. The summed E-state index contributed by atoms with van der Waals surface area (Å²) in [6.45, 7) is 8.86.